The number of nitrogens with one attached hydrogen (secondary N) is 1. The van der Waals surface area contributed by atoms with Crippen LogP contribution in [0.25, 0.3) is 11.0 Å². The van der Waals surface area contributed by atoms with Crippen molar-refractivity contribution >= 4 is 33.6 Å². The lowest BCUT2D eigenvalue weighted by Crippen LogP contribution is -1.76. The van der Waals surface area contributed by atoms with Crippen LogP contribution in [-0.4, -0.2) is 15.1 Å². The van der Waals surface area contributed by atoms with Gasteiger partial charge in [0.15, 0.2) is 0 Å². The molecule has 11 heavy (non-hydrogen) atoms. The number of fused-ring (bicyclic) bond motifs is 1. The van der Waals surface area contributed by atoms with E-state index in [-0.39, 0.29) is 5.75 Å². The van der Waals surface area contributed by atoms with Crippen LogP contribution in [0.5, 0.6) is 5.75 Å². The van der Waals surface area contributed by atoms with E-state index in [4.69, 9.17) is 0 Å². The van der Waals surface area contributed by atoms with Gasteiger partial charge in [0.05, 0.1) is 5.39 Å². The number of halogens is 1. The predicted molar refractivity (Wildman–Crippen MR) is 50.5 cm³/mol. The van der Waals surface area contributed by atoms with Gasteiger partial charge in [-0.1, -0.05) is 0 Å². The topological polar surface area (TPSA) is 48.9 Å². The summed E-state index contributed by atoms with van der Waals surface area (Å²) in [7, 11) is 0. The van der Waals surface area contributed by atoms with Gasteiger partial charge in [0, 0.05) is 16.0 Å². The molecule has 2 aromatic rings. The monoisotopic (exact) mass is 260 g/mol. The highest BCUT2D eigenvalue weighted by Crippen LogP contribution is 2.23. The van der Waals surface area contributed by atoms with Gasteiger partial charge in [-0.05, 0) is 28.7 Å². The first-order chi connectivity index (χ1) is 5.27. The molecule has 2 rings (SSSR count). The van der Waals surface area contributed by atoms with E-state index in [1.807, 2.05) is 6.07 Å². The quantitative estimate of drug-likeness (QED) is 0.710. The molecule has 2 aromatic heterocycles. The fourth-order valence-electron chi connectivity index (χ4n) is 0.964. The predicted octanol–water partition coefficient (Wildman–Crippen LogP) is 1.87. The number of aromatic amines is 1. The Morgan fingerprint density at radius 2 is 2.36 bits per heavy atom. The maximum Gasteiger partial charge on any atom is 0.142 e. The molecule has 0 aliphatic heterocycles. The van der Waals surface area contributed by atoms with Crippen LogP contribution in [0, 0.1) is 3.57 Å². The number of hydrogen-bond acceptors (Lipinski definition) is 2. The van der Waals surface area contributed by atoms with Gasteiger partial charge < -0.3 is 10.1 Å². The van der Waals surface area contributed by atoms with Crippen LogP contribution in [0.1, 0.15) is 0 Å². The standard InChI is InChI=1S/C7H5IN2O/c8-4-1-5-6(11)3-10-7(5)9-2-4/h1-3,11H,(H,9,10). The van der Waals surface area contributed by atoms with Crippen LogP contribution < -0.4 is 0 Å². The molecule has 0 unspecified atom stereocenters. The molecule has 0 aliphatic rings. The second kappa shape index (κ2) is 2.37. The van der Waals surface area contributed by atoms with Crippen molar-refractivity contribution in [2.45, 2.75) is 0 Å². The summed E-state index contributed by atoms with van der Waals surface area (Å²) in [5.74, 6) is 0.256. The molecule has 0 bridgehead atoms. The molecule has 0 saturated carbocycles. The minimum absolute atomic E-state index is 0.256. The van der Waals surface area contributed by atoms with E-state index >= 15 is 0 Å². The first-order valence-electron chi connectivity index (χ1n) is 3.09. The average molecular weight is 260 g/mol. The number of aromatic nitrogens is 2. The van der Waals surface area contributed by atoms with Gasteiger partial charge in [0.1, 0.15) is 11.4 Å². The molecular formula is C7H5IN2O. The summed E-state index contributed by atoms with van der Waals surface area (Å²) >= 11 is 2.15. The van der Waals surface area contributed by atoms with Crippen molar-refractivity contribution in [1.82, 2.24) is 9.97 Å². The van der Waals surface area contributed by atoms with E-state index in [0.29, 0.717) is 0 Å². The van der Waals surface area contributed by atoms with E-state index in [2.05, 4.69) is 32.6 Å². The smallest absolute Gasteiger partial charge is 0.142 e. The lowest BCUT2D eigenvalue weighted by atomic mass is 10.3. The SMILES string of the molecule is Oc1c[nH]c2ncc(I)cc12. The molecular weight excluding hydrogens is 255 g/mol. The molecule has 56 valence electrons. The molecule has 3 nitrogen and oxygen atoms in total. The molecule has 0 aliphatic carbocycles. The number of H-pyrrole nitrogens is 1. The van der Waals surface area contributed by atoms with Crippen LogP contribution in [0.3, 0.4) is 0 Å². The van der Waals surface area contributed by atoms with E-state index < -0.39 is 0 Å². The zero-order valence-corrected chi connectivity index (χ0v) is 7.66. The molecule has 0 saturated heterocycles. The van der Waals surface area contributed by atoms with Crippen molar-refractivity contribution in [2.24, 2.45) is 0 Å². The van der Waals surface area contributed by atoms with Crippen molar-refractivity contribution in [2.75, 3.05) is 0 Å². The third kappa shape index (κ3) is 1.07. The minimum atomic E-state index is 0.256. The van der Waals surface area contributed by atoms with E-state index in [1.54, 1.807) is 6.20 Å². The Hall–Kier alpha value is -0.780. The molecule has 0 fully saturated rings. The van der Waals surface area contributed by atoms with Crippen molar-refractivity contribution in [3.05, 3.63) is 22.0 Å². The first-order valence-corrected chi connectivity index (χ1v) is 4.17. The van der Waals surface area contributed by atoms with Gasteiger partial charge in [0.2, 0.25) is 0 Å². The zero-order chi connectivity index (χ0) is 7.84. The summed E-state index contributed by atoms with van der Waals surface area (Å²) in [6.07, 6.45) is 3.28. The largest absolute Gasteiger partial charge is 0.506 e. The molecule has 0 spiro atoms. The van der Waals surface area contributed by atoms with Crippen LogP contribution in [0.4, 0.5) is 0 Å². The van der Waals surface area contributed by atoms with E-state index in [0.717, 1.165) is 14.6 Å². The summed E-state index contributed by atoms with van der Waals surface area (Å²) in [6, 6.07) is 1.88. The molecule has 2 heterocycles. The summed E-state index contributed by atoms with van der Waals surface area (Å²) in [6.45, 7) is 0. The molecule has 0 amide bonds. The number of pyridine rings is 1. The summed E-state index contributed by atoms with van der Waals surface area (Å²) in [4.78, 5) is 6.93. The Labute approximate surface area is 76.6 Å². The van der Waals surface area contributed by atoms with Gasteiger partial charge in [0.25, 0.3) is 0 Å². The molecule has 0 radical (unpaired) electrons. The third-order valence-corrected chi connectivity index (χ3v) is 2.07. The van der Waals surface area contributed by atoms with Gasteiger partial charge in [-0.25, -0.2) is 4.98 Å². The lowest BCUT2D eigenvalue weighted by molar-refractivity contribution is 0.481. The maximum atomic E-state index is 9.26. The van der Waals surface area contributed by atoms with Crippen molar-refractivity contribution in [3.63, 3.8) is 0 Å². The molecule has 0 atom stereocenters. The third-order valence-electron chi connectivity index (χ3n) is 1.48. The maximum absolute atomic E-state index is 9.26. The lowest BCUT2D eigenvalue weighted by Gasteiger charge is -1.90. The molecule has 2 N–H and O–H groups in total. The fraction of sp³-hybridized carbons (Fsp3) is 0. The Kier molecular flexibility index (Phi) is 1.49. The Morgan fingerprint density at radius 3 is 3.18 bits per heavy atom. The highest BCUT2D eigenvalue weighted by molar-refractivity contribution is 14.1. The van der Waals surface area contributed by atoms with Gasteiger partial charge >= 0.3 is 0 Å². The van der Waals surface area contributed by atoms with Gasteiger partial charge in [-0.3, -0.25) is 0 Å². The number of nitrogens with zero attached hydrogens (tertiary/aromatic N) is 1. The summed E-state index contributed by atoms with van der Waals surface area (Å²) in [5, 5.41) is 10.0. The second-order valence-corrected chi connectivity index (χ2v) is 3.47. The normalized spacial score (nSPS) is 10.6. The number of rotatable bonds is 0. The van der Waals surface area contributed by atoms with E-state index in [1.165, 1.54) is 6.20 Å². The molecule has 0 aromatic carbocycles. The van der Waals surface area contributed by atoms with Crippen LogP contribution >= 0.6 is 22.6 Å². The number of aromatic hydroxyl groups is 1. The van der Waals surface area contributed by atoms with Crippen molar-refractivity contribution < 1.29 is 5.11 Å². The van der Waals surface area contributed by atoms with Crippen LogP contribution in [0.15, 0.2) is 18.5 Å². The van der Waals surface area contributed by atoms with E-state index in [9.17, 15) is 5.11 Å². The van der Waals surface area contributed by atoms with Crippen LogP contribution in [-0.2, 0) is 0 Å². The second-order valence-electron chi connectivity index (χ2n) is 2.22. The minimum Gasteiger partial charge on any atom is -0.506 e. The van der Waals surface area contributed by atoms with Crippen LogP contribution in [0.2, 0.25) is 0 Å². The van der Waals surface area contributed by atoms with Gasteiger partial charge in [-0.2, -0.15) is 0 Å². The fourth-order valence-corrected chi connectivity index (χ4v) is 1.41. The Morgan fingerprint density at radius 1 is 1.55 bits per heavy atom. The summed E-state index contributed by atoms with van der Waals surface area (Å²) < 4.78 is 1.02. The summed E-state index contributed by atoms with van der Waals surface area (Å²) in [5.41, 5.74) is 0.725. The highest BCUT2D eigenvalue weighted by atomic mass is 127. The number of hydrogen-bond donors (Lipinski definition) is 2. The first kappa shape index (κ1) is 6.90. The van der Waals surface area contributed by atoms with Crippen molar-refractivity contribution in [3.8, 4) is 5.75 Å². The zero-order valence-electron chi connectivity index (χ0n) is 5.50. The Bertz CT molecular complexity index is 396. The van der Waals surface area contributed by atoms with Crippen molar-refractivity contribution in [1.29, 1.82) is 0 Å². The van der Waals surface area contributed by atoms with Gasteiger partial charge in [-0.15, -0.1) is 0 Å². The average Bonchev–Trinajstić information content (AvgIpc) is 2.33. The highest BCUT2D eigenvalue weighted by Gasteiger charge is 2.01. The molecule has 4 heteroatoms. The Balaban J connectivity index is 2.87.